The van der Waals surface area contributed by atoms with Crippen LogP contribution < -0.4 is 5.32 Å². The number of carbonyl (C=O) groups is 1. The van der Waals surface area contributed by atoms with Crippen molar-refractivity contribution in [2.75, 3.05) is 0 Å². The fraction of sp³-hybridized carbons (Fsp3) is 0.227. The number of nitrogens with one attached hydrogen (secondary N) is 1. The Morgan fingerprint density at radius 2 is 2.06 bits per heavy atom. The molecule has 1 unspecified atom stereocenters. The summed E-state index contributed by atoms with van der Waals surface area (Å²) in [6.07, 6.45) is 4.75. The van der Waals surface area contributed by atoms with Crippen molar-refractivity contribution in [3.63, 3.8) is 0 Å². The van der Waals surface area contributed by atoms with Gasteiger partial charge >= 0.3 is 0 Å². The number of hydrogen-bond donors (Lipinski definition) is 1. The second-order valence-electron chi connectivity index (χ2n) is 7.55. The van der Waals surface area contributed by atoms with Gasteiger partial charge in [0.15, 0.2) is 5.82 Å². The van der Waals surface area contributed by atoms with Crippen molar-refractivity contribution < 1.29 is 4.79 Å². The molecule has 31 heavy (non-hydrogen) atoms. The highest BCUT2D eigenvalue weighted by molar-refractivity contribution is 6.31. The summed E-state index contributed by atoms with van der Waals surface area (Å²) in [4.78, 5) is 17.1. The van der Waals surface area contributed by atoms with Gasteiger partial charge in [-0.3, -0.25) is 9.36 Å². The Labute approximate surface area is 183 Å². The Balaban J connectivity index is 1.35. The first-order valence-corrected chi connectivity index (χ1v) is 10.4. The Kier molecular flexibility index (Phi) is 4.99. The molecule has 0 radical (unpaired) electrons. The smallest absolute Gasteiger partial charge is 0.291 e. The number of amides is 1. The number of aryl methyl sites for hydroxylation is 2. The zero-order valence-electron chi connectivity index (χ0n) is 16.9. The van der Waals surface area contributed by atoms with E-state index in [1.165, 1.54) is 5.56 Å². The van der Waals surface area contributed by atoms with E-state index < -0.39 is 0 Å². The first-order valence-electron chi connectivity index (χ1n) is 10.0. The second kappa shape index (κ2) is 7.96. The van der Waals surface area contributed by atoms with Crippen molar-refractivity contribution in [1.29, 1.82) is 0 Å². The summed E-state index contributed by atoms with van der Waals surface area (Å²) in [7, 11) is 0. The number of halogens is 1. The van der Waals surface area contributed by atoms with Crippen LogP contribution in [0, 0.1) is 6.92 Å². The molecule has 3 heterocycles. The molecule has 4 aromatic rings. The van der Waals surface area contributed by atoms with Crippen LogP contribution in [-0.2, 0) is 13.0 Å². The van der Waals surface area contributed by atoms with Gasteiger partial charge in [-0.15, -0.1) is 15.3 Å². The van der Waals surface area contributed by atoms with Crippen LogP contribution in [0.15, 0.2) is 55.1 Å². The fourth-order valence-electron chi connectivity index (χ4n) is 3.92. The first kappa shape index (κ1) is 19.4. The van der Waals surface area contributed by atoms with Gasteiger partial charge in [0.05, 0.1) is 18.3 Å². The zero-order chi connectivity index (χ0) is 21.4. The van der Waals surface area contributed by atoms with Crippen LogP contribution in [0.5, 0.6) is 0 Å². The molecule has 0 spiro atoms. The molecule has 9 heteroatoms. The molecule has 5 rings (SSSR count). The molecular formula is C22H20ClN7O. The number of carbonyl (C=O) groups excluding carboxylic acids is 1. The molecule has 1 aliphatic heterocycles. The predicted octanol–water partition coefficient (Wildman–Crippen LogP) is 3.29. The molecule has 1 N–H and O–H groups in total. The van der Waals surface area contributed by atoms with Gasteiger partial charge in [0.1, 0.15) is 12.7 Å². The minimum absolute atomic E-state index is 0.109. The molecular weight excluding hydrogens is 414 g/mol. The molecule has 2 aromatic heterocycles. The average molecular weight is 434 g/mol. The van der Waals surface area contributed by atoms with Crippen LogP contribution in [0.25, 0.3) is 5.69 Å². The summed E-state index contributed by atoms with van der Waals surface area (Å²) in [6, 6.07) is 13.6. The molecule has 0 saturated carbocycles. The summed E-state index contributed by atoms with van der Waals surface area (Å²) in [5.74, 6) is 0.460. The van der Waals surface area contributed by atoms with E-state index in [9.17, 15) is 4.79 Å². The maximum absolute atomic E-state index is 12.9. The van der Waals surface area contributed by atoms with Gasteiger partial charge in [-0.25, -0.2) is 9.67 Å². The molecule has 1 atom stereocenters. The van der Waals surface area contributed by atoms with E-state index in [-0.39, 0.29) is 17.8 Å². The van der Waals surface area contributed by atoms with Crippen molar-refractivity contribution in [2.45, 2.75) is 32.4 Å². The lowest BCUT2D eigenvalue weighted by Gasteiger charge is -2.14. The van der Waals surface area contributed by atoms with Crippen molar-refractivity contribution in [3.8, 4) is 5.69 Å². The lowest BCUT2D eigenvalue weighted by Crippen LogP contribution is -2.31. The lowest BCUT2D eigenvalue weighted by molar-refractivity contribution is 0.0922. The third kappa shape index (κ3) is 3.70. The molecule has 2 aromatic carbocycles. The van der Waals surface area contributed by atoms with E-state index in [0.29, 0.717) is 23.8 Å². The Morgan fingerprint density at radius 3 is 2.94 bits per heavy atom. The number of hydrogen-bond acceptors (Lipinski definition) is 5. The van der Waals surface area contributed by atoms with Crippen LogP contribution >= 0.6 is 11.6 Å². The number of aromatic nitrogens is 6. The van der Waals surface area contributed by atoms with Crippen LogP contribution in [0.3, 0.4) is 0 Å². The highest BCUT2D eigenvalue weighted by Crippen LogP contribution is 2.28. The lowest BCUT2D eigenvalue weighted by atomic mass is 10.1. The van der Waals surface area contributed by atoms with Gasteiger partial charge in [0, 0.05) is 5.02 Å². The van der Waals surface area contributed by atoms with E-state index in [2.05, 4.69) is 31.7 Å². The third-order valence-corrected chi connectivity index (χ3v) is 5.91. The molecule has 1 aliphatic rings. The van der Waals surface area contributed by atoms with E-state index >= 15 is 0 Å². The highest BCUT2D eigenvalue weighted by Gasteiger charge is 2.27. The van der Waals surface area contributed by atoms with E-state index in [1.807, 2.05) is 47.9 Å². The normalized spacial score (nSPS) is 15.1. The van der Waals surface area contributed by atoms with Gasteiger partial charge < -0.3 is 5.32 Å². The summed E-state index contributed by atoms with van der Waals surface area (Å²) in [6.45, 7) is 2.44. The topological polar surface area (TPSA) is 90.5 Å². The van der Waals surface area contributed by atoms with Gasteiger partial charge in [-0.1, -0.05) is 41.9 Å². The number of nitrogens with zero attached hydrogens (tertiary/aromatic N) is 6. The van der Waals surface area contributed by atoms with Crippen molar-refractivity contribution >= 4 is 17.5 Å². The molecule has 0 bridgehead atoms. The van der Waals surface area contributed by atoms with Gasteiger partial charge in [0.25, 0.3) is 5.91 Å². The quantitative estimate of drug-likeness (QED) is 0.533. The van der Waals surface area contributed by atoms with E-state index in [4.69, 9.17) is 11.6 Å². The highest BCUT2D eigenvalue weighted by atomic mass is 35.5. The fourth-order valence-corrected chi connectivity index (χ4v) is 4.20. The number of rotatable bonds is 4. The van der Waals surface area contributed by atoms with Gasteiger partial charge in [-0.05, 0) is 48.6 Å². The minimum Gasteiger partial charge on any atom is -0.339 e. The molecule has 8 nitrogen and oxygen atoms in total. The van der Waals surface area contributed by atoms with Crippen LogP contribution in [-0.4, -0.2) is 35.4 Å². The molecule has 0 saturated heterocycles. The van der Waals surface area contributed by atoms with Crippen LogP contribution in [0.4, 0.5) is 0 Å². The molecule has 0 aliphatic carbocycles. The van der Waals surface area contributed by atoms with Crippen molar-refractivity contribution in [2.24, 2.45) is 0 Å². The van der Waals surface area contributed by atoms with E-state index in [0.717, 1.165) is 23.2 Å². The SMILES string of the molecule is Cc1cccc(Cl)c1Cn1cnc(C(=O)NC2CCc3ccccc3-n3cnnc32)n1. The number of para-hydroxylation sites is 1. The monoisotopic (exact) mass is 433 g/mol. The van der Waals surface area contributed by atoms with E-state index in [1.54, 1.807) is 17.3 Å². The molecule has 0 fully saturated rings. The molecule has 156 valence electrons. The summed E-state index contributed by atoms with van der Waals surface area (Å²) >= 11 is 6.31. The predicted molar refractivity (Wildman–Crippen MR) is 115 cm³/mol. The maximum Gasteiger partial charge on any atom is 0.291 e. The average Bonchev–Trinajstić information content (AvgIpc) is 3.41. The second-order valence-corrected chi connectivity index (χ2v) is 7.96. The van der Waals surface area contributed by atoms with Crippen LogP contribution in [0.2, 0.25) is 5.02 Å². The standard InChI is InChI=1S/C22H20ClN7O/c1-14-5-4-7-17(23)16(14)11-29-12-24-20(28-29)22(31)26-18-10-9-15-6-2-3-8-19(15)30-13-25-27-21(18)30/h2-8,12-13,18H,9-11H2,1H3,(H,26,31). The first-order chi connectivity index (χ1) is 15.1. The number of benzene rings is 2. The number of fused-ring (bicyclic) bond motifs is 3. The summed E-state index contributed by atoms with van der Waals surface area (Å²) in [5, 5.41) is 16.4. The van der Waals surface area contributed by atoms with Crippen molar-refractivity contribution in [3.05, 3.63) is 88.5 Å². The van der Waals surface area contributed by atoms with Gasteiger partial charge in [0.2, 0.25) is 5.82 Å². The Hall–Kier alpha value is -3.52. The zero-order valence-corrected chi connectivity index (χ0v) is 17.6. The molecule has 1 amide bonds. The van der Waals surface area contributed by atoms with Gasteiger partial charge in [-0.2, -0.15) is 0 Å². The maximum atomic E-state index is 12.9. The third-order valence-electron chi connectivity index (χ3n) is 5.56. The largest absolute Gasteiger partial charge is 0.339 e. The minimum atomic E-state index is -0.347. The summed E-state index contributed by atoms with van der Waals surface area (Å²) in [5.41, 5.74) is 4.25. The Bertz CT molecular complexity index is 1240. The van der Waals surface area contributed by atoms with Crippen LogP contribution in [0.1, 0.15) is 45.6 Å². The summed E-state index contributed by atoms with van der Waals surface area (Å²) < 4.78 is 3.55. The Morgan fingerprint density at radius 1 is 1.19 bits per heavy atom. The van der Waals surface area contributed by atoms with Crippen molar-refractivity contribution in [1.82, 2.24) is 34.8 Å².